The van der Waals surface area contributed by atoms with Crippen LogP contribution in [0.25, 0.3) is 0 Å². The summed E-state index contributed by atoms with van der Waals surface area (Å²) in [5.41, 5.74) is 2.32. The summed E-state index contributed by atoms with van der Waals surface area (Å²) in [5, 5.41) is 0. The fourth-order valence-electron chi connectivity index (χ4n) is 2.99. The minimum Gasteiger partial charge on any atom is -0.454 e. The molecule has 126 valence electrons. The lowest BCUT2D eigenvalue weighted by molar-refractivity contribution is -0.123. The monoisotopic (exact) mass is 325 g/mol. The van der Waals surface area contributed by atoms with E-state index in [1.165, 1.54) is 0 Å². The Hall–Kier alpha value is -2.49. The smallest absolute Gasteiger partial charge is 0.237 e. The van der Waals surface area contributed by atoms with E-state index in [-0.39, 0.29) is 12.7 Å². The predicted octanol–water partition coefficient (Wildman–Crippen LogP) is 4.05. The SMILES string of the molecule is CCN(C(=O)C(C)(C)c1ccc2c(c1)OCO2)c1cccc(C)c1. The zero-order valence-electron chi connectivity index (χ0n) is 14.6. The summed E-state index contributed by atoms with van der Waals surface area (Å²) in [6.45, 7) is 8.78. The molecule has 24 heavy (non-hydrogen) atoms. The molecule has 0 unspecified atom stereocenters. The number of hydrogen-bond donors (Lipinski definition) is 0. The molecule has 0 saturated heterocycles. The van der Waals surface area contributed by atoms with Crippen LogP contribution in [-0.4, -0.2) is 19.2 Å². The van der Waals surface area contributed by atoms with Crippen molar-refractivity contribution in [1.29, 1.82) is 0 Å². The number of rotatable bonds is 4. The van der Waals surface area contributed by atoms with Crippen molar-refractivity contribution >= 4 is 11.6 Å². The van der Waals surface area contributed by atoms with Gasteiger partial charge in [0.05, 0.1) is 5.41 Å². The maximum atomic E-state index is 13.3. The van der Waals surface area contributed by atoms with Gasteiger partial charge >= 0.3 is 0 Å². The first-order valence-corrected chi connectivity index (χ1v) is 8.22. The van der Waals surface area contributed by atoms with Gasteiger partial charge in [0.25, 0.3) is 0 Å². The molecule has 0 fully saturated rings. The lowest BCUT2D eigenvalue weighted by Gasteiger charge is -2.32. The Morgan fingerprint density at radius 3 is 2.58 bits per heavy atom. The Morgan fingerprint density at radius 1 is 1.12 bits per heavy atom. The minimum absolute atomic E-state index is 0.0643. The first-order valence-electron chi connectivity index (χ1n) is 8.22. The molecule has 4 heteroatoms. The van der Waals surface area contributed by atoms with E-state index >= 15 is 0 Å². The molecule has 3 rings (SSSR count). The van der Waals surface area contributed by atoms with Crippen molar-refractivity contribution in [3.8, 4) is 11.5 Å². The topological polar surface area (TPSA) is 38.8 Å². The number of nitrogens with zero attached hydrogens (tertiary/aromatic N) is 1. The van der Waals surface area contributed by atoms with Gasteiger partial charge in [0.2, 0.25) is 12.7 Å². The largest absolute Gasteiger partial charge is 0.454 e. The number of amides is 1. The van der Waals surface area contributed by atoms with E-state index in [1.807, 2.05) is 75.1 Å². The molecule has 1 aliphatic rings. The van der Waals surface area contributed by atoms with Crippen molar-refractivity contribution in [3.63, 3.8) is 0 Å². The predicted molar refractivity (Wildman–Crippen MR) is 94.8 cm³/mol. The molecule has 0 saturated carbocycles. The molecule has 0 atom stereocenters. The van der Waals surface area contributed by atoms with Crippen molar-refractivity contribution in [2.24, 2.45) is 0 Å². The quantitative estimate of drug-likeness (QED) is 0.851. The Bertz CT molecular complexity index is 767. The molecule has 0 radical (unpaired) electrons. The average molecular weight is 325 g/mol. The van der Waals surface area contributed by atoms with Crippen LogP contribution >= 0.6 is 0 Å². The van der Waals surface area contributed by atoms with Crippen LogP contribution in [0.2, 0.25) is 0 Å². The summed E-state index contributed by atoms with van der Waals surface area (Å²) < 4.78 is 10.8. The number of likely N-dealkylation sites (N-methyl/N-ethyl adjacent to an activating group) is 1. The minimum atomic E-state index is -0.666. The van der Waals surface area contributed by atoms with Crippen molar-refractivity contribution in [2.45, 2.75) is 33.1 Å². The van der Waals surface area contributed by atoms with Crippen LogP contribution in [0, 0.1) is 6.92 Å². The molecular formula is C20H23NO3. The number of ether oxygens (including phenoxy) is 2. The fraction of sp³-hybridized carbons (Fsp3) is 0.350. The Labute approximate surface area is 143 Å². The second kappa shape index (κ2) is 6.19. The van der Waals surface area contributed by atoms with Gasteiger partial charge in [0, 0.05) is 12.2 Å². The fourth-order valence-corrected chi connectivity index (χ4v) is 2.99. The second-order valence-corrected chi connectivity index (χ2v) is 6.58. The maximum Gasteiger partial charge on any atom is 0.237 e. The van der Waals surface area contributed by atoms with E-state index < -0.39 is 5.41 Å². The van der Waals surface area contributed by atoms with Crippen LogP contribution in [0.5, 0.6) is 11.5 Å². The molecule has 0 spiro atoms. The molecular weight excluding hydrogens is 302 g/mol. The van der Waals surface area contributed by atoms with Gasteiger partial charge in [-0.15, -0.1) is 0 Å². The highest BCUT2D eigenvalue weighted by atomic mass is 16.7. The zero-order chi connectivity index (χ0) is 17.3. The molecule has 0 N–H and O–H groups in total. The number of benzene rings is 2. The van der Waals surface area contributed by atoms with E-state index in [4.69, 9.17) is 9.47 Å². The normalized spacial score (nSPS) is 13.0. The van der Waals surface area contributed by atoms with Crippen LogP contribution in [0.15, 0.2) is 42.5 Å². The molecule has 1 heterocycles. The highest BCUT2D eigenvalue weighted by molar-refractivity contribution is 6.00. The number of aryl methyl sites for hydroxylation is 1. The third-order valence-corrected chi connectivity index (χ3v) is 4.50. The molecule has 0 bridgehead atoms. The standard InChI is InChI=1S/C20H23NO3/c1-5-21(16-8-6-7-14(2)11-16)19(22)20(3,4)15-9-10-17-18(12-15)24-13-23-17/h6-12H,5,13H2,1-4H3. The van der Waals surface area contributed by atoms with Gasteiger partial charge in [-0.2, -0.15) is 0 Å². The Morgan fingerprint density at radius 2 is 1.88 bits per heavy atom. The first kappa shape index (κ1) is 16.4. The van der Waals surface area contributed by atoms with E-state index in [2.05, 4.69) is 0 Å². The number of anilines is 1. The summed E-state index contributed by atoms with van der Waals surface area (Å²) in [6.07, 6.45) is 0. The Balaban J connectivity index is 1.94. The number of carbonyl (C=O) groups is 1. The number of carbonyl (C=O) groups excluding carboxylic acids is 1. The van der Waals surface area contributed by atoms with Crippen molar-refractivity contribution in [3.05, 3.63) is 53.6 Å². The molecule has 2 aromatic rings. The molecule has 1 amide bonds. The number of fused-ring (bicyclic) bond motifs is 1. The lowest BCUT2D eigenvalue weighted by Crippen LogP contribution is -2.43. The summed E-state index contributed by atoms with van der Waals surface area (Å²) in [7, 11) is 0. The summed E-state index contributed by atoms with van der Waals surface area (Å²) >= 11 is 0. The molecule has 1 aliphatic heterocycles. The van der Waals surface area contributed by atoms with Crippen molar-refractivity contribution in [1.82, 2.24) is 0 Å². The van der Waals surface area contributed by atoms with E-state index in [9.17, 15) is 4.79 Å². The third-order valence-electron chi connectivity index (χ3n) is 4.50. The van der Waals surface area contributed by atoms with Gasteiger partial charge in [0.15, 0.2) is 11.5 Å². The van der Waals surface area contributed by atoms with Gasteiger partial charge < -0.3 is 14.4 Å². The first-order chi connectivity index (χ1) is 11.4. The van der Waals surface area contributed by atoms with E-state index in [0.717, 1.165) is 22.6 Å². The lowest BCUT2D eigenvalue weighted by atomic mass is 9.82. The average Bonchev–Trinajstić information content (AvgIpc) is 3.03. The van der Waals surface area contributed by atoms with Crippen LogP contribution < -0.4 is 14.4 Å². The van der Waals surface area contributed by atoms with Gasteiger partial charge in [-0.05, 0) is 63.1 Å². The van der Waals surface area contributed by atoms with Crippen LogP contribution in [0.1, 0.15) is 31.9 Å². The summed E-state index contributed by atoms with van der Waals surface area (Å²) in [6, 6.07) is 13.7. The van der Waals surface area contributed by atoms with E-state index in [1.54, 1.807) is 0 Å². The van der Waals surface area contributed by atoms with Crippen LogP contribution in [0.3, 0.4) is 0 Å². The summed E-state index contributed by atoms with van der Waals surface area (Å²) in [4.78, 5) is 15.1. The zero-order valence-corrected chi connectivity index (χ0v) is 14.6. The maximum absolute atomic E-state index is 13.3. The van der Waals surface area contributed by atoms with Crippen LogP contribution in [0.4, 0.5) is 5.69 Å². The summed E-state index contributed by atoms with van der Waals surface area (Å²) in [5.74, 6) is 1.49. The van der Waals surface area contributed by atoms with Gasteiger partial charge in [-0.1, -0.05) is 18.2 Å². The van der Waals surface area contributed by atoms with Crippen LogP contribution in [-0.2, 0) is 10.2 Å². The number of hydrogen-bond acceptors (Lipinski definition) is 3. The second-order valence-electron chi connectivity index (χ2n) is 6.58. The van der Waals surface area contributed by atoms with Gasteiger partial charge in [0.1, 0.15) is 0 Å². The highest BCUT2D eigenvalue weighted by Crippen LogP contribution is 2.37. The molecule has 2 aromatic carbocycles. The highest BCUT2D eigenvalue weighted by Gasteiger charge is 2.35. The third kappa shape index (κ3) is 2.84. The van der Waals surface area contributed by atoms with Crippen molar-refractivity contribution in [2.75, 3.05) is 18.2 Å². The molecule has 0 aromatic heterocycles. The Kier molecular flexibility index (Phi) is 4.22. The van der Waals surface area contributed by atoms with Crippen molar-refractivity contribution < 1.29 is 14.3 Å². The van der Waals surface area contributed by atoms with Gasteiger partial charge in [-0.3, -0.25) is 4.79 Å². The van der Waals surface area contributed by atoms with E-state index in [0.29, 0.717) is 12.3 Å². The molecule has 0 aliphatic carbocycles. The molecule has 4 nitrogen and oxygen atoms in total. The van der Waals surface area contributed by atoms with Gasteiger partial charge in [-0.25, -0.2) is 0 Å².